The summed E-state index contributed by atoms with van der Waals surface area (Å²) in [5.41, 5.74) is 0.765. The van der Waals surface area contributed by atoms with E-state index in [1.807, 2.05) is 0 Å². The van der Waals surface area contributed by atoms with Crippen LogP contribution in [0.25, 0.3) is 0 Å². The summed E-state index contributed by atoms with van der Waals surface area (Å²) in [5, 5.41) is 1.00. The number of carbonyl (C=O) groups excluding carboxylic acids is 2. The van der Waals surface area contributed by atoms with Crippen LogP contribution in [0.3, 0.4) is 0 Å². The summed E-state index contributed by atoms with van der Waals surface area (Å²) >= 11 is 11.7. The van der Waals surface area contributed by atoms with E-state index in [4.69, 9.17) is 23.2 Å². The van der Waals surface area contributed by atoms with Gasteiger partial charge in [0.15, 0.2) is 0 Å². The predicted molar refractivity (Wildman–Crippen MR) is 61.3 cm³/mol. The number of halogens is 2. The lowest BCUT2D eigenvalue weighted by Gasteiger charge is -2.14. The molecule has 0 radical (unpaired) electrons. The van der Waals surface area contributed by atoms with Gasteiger partial charge < -0.3 is 0 Å². The second kappa shape index (κ2) is 4.44. The molecule has 84 valence electrons. The zero-order valence-corrected chi connectivity index (χ0v) is 9.88. The van der Waals surface area contributed by atoms with Gasteiger partial charge in [-0.15, -0.1) is 0 Å². The molecule has 2 amide bonds. The number of likely N-dealkylation sites (tertiary alicyclic amines) is 1. The minimum Gasteiger partial charge on any atom is -0.278 e. The topological polar surface area (TPSA) is 37.4 Å². The highest BCUT2D eigenvalue weighted by Gasteiger charge is 2.28. The summed E-state index contributed by atoms with van der Waals surface area (Å²) in [4.78, 5) is 24.0. The molecule has 1 aromatic carbocycles. The fourth-order valence-corrected chi connectivity index (χ4v) is 2.26. The third-order valence-corrected chi connectivity index (χ3v) is 2.85. The Kier molecular flexibility index (Phi) is 3.17. The fraction of sp³-hybridized carbons (Fsp3) is 0.273. The summed E-state index contributed by atoms with van der Waals surface area (Å²) in [6, 6.07) is 5.01. The van der Waals surface area contributed by atoms with Crippen LogP contribution < -0.4 is 0 Å². The number of hydrogen-bond donors (Lipinski definition) is 0. The van der Waals surface area contributed by atoms with Crippen LogP contribution in [0, 0.1) is 0 Å². The zero-order valence-electron chi connectivity index (χ0n) is 8.37. The highest BCUT2D eigenvalue weighted by Crippen LogP contribution is 2.22. The maximum Gasteiger partial charge on any atom is 0.229 e. The Hall–Kier alpha value is -1.06. The maximum atomic E-state index is 11.4. The summed E-state index contributed by atoms with van der Waals surface area (Å²) in [6.45, 7) is 0.248. The van der Waals surface area contributed by atoms with Crippen molar-refractivity contribution in [2.24, 2.45) is 0 Å². The van der Waals surface area contributed by atoms with E-state index in [1.165, 1.54) is 4.90 Å². The number of imide groups is 1. The first-order valence-corrected chi connectivity index (χ1v) is 5.60. The first kappa shape index (κ1) is 11.4. The van der Waals surface area contributed by atoms with E-state index in [1.54, 1.807) is 18.2 Å². The van der Waals surface area contributed by atoms with Crippen LogP contribution in [0.2, 0.25) is 10.0 Å². The number of rotatable bonds is 2. The molecule has 2 rings (SSSR count). The molecule has 1 fully saturated rings. The van der Waals surface area contributed by atoms with Gasteiger partial charge in [-0.25, -0.2) is 0 Å². The lowest BCUT2D eigenvalue weighted by Crippen LogP contribution is -2.28. The third-order valence-electron chi connectivity index (χ3n) is 2.42. The average Bonchev–Trinajstić information content (AvgIpc) is 2.48. The van der Waals surface area contributed by atoms with Crippen LogP contribution in [0.1, 0.15) is 18.4 Å². The molecule has 0 aliphatic carbocycles. The monoisotopic (exact) mass is 257 g/mol. The Morgan fingerprint density at radius 2 is 1.50 bits per heavy atom. The van der Waals surface area contributed by atoms with Gasteiger partial charge >= 0.3 is 0 Å². The minimum atomic E-state index is -0.138. The van der Waals surface area contributed by atoms with Gasteiger partial charge in [-0.05, 0) is 23.8 Å². The number of amides is 2. The molecule has 0 bridgehead atoms. The Bertz CT molecular complexity index is 423. The number of carbonyl (C=O) groups is 2. The van der Waals surface area contributed by atoms with Gasteiger partial charge in [0.25, 0.3) is 0 Å². The van der Waals surface area contributed by atoms with Crippen molar-refractivity contribution in [2.45, 2.75) is 19.4 Å². The first-order valence-electron chi connectivity index (χ1n) is 4.84. The highest BCUT2D eigenvalue weighted by atomic mass is 35.5. The lowest BCUT2D eigenvalue weighted by atomic mass is 10.2. The van der Waals surface area contributed by atoms with Gasteiger partial charge in [0.1, 0.15) is 0 Å². The molecule has 3 nitrogen and oxygen atoms in total. The Labute approximate surface area is 103 Å². The van der Waals surface area contributed by atoms with Crippen LogP contribution in [0.5, 0.6) is 0 Å². The highest BCUT2D eigenvalue weighted by molar-refractivity contribution is 6.34. The molecule has 0 atom stereocenters. The molecule has 1 aliphatic heterocycles. The summed E-state index contributed by atoms with van der Waals surface area (Å²) in [5.74, 6) is -0.276. The van der Waals surface area contributed by atoms with Crippen molar-refractivity contribution in [1.82, 2.24) is 4.90 Å². The normalized spacial score (nSPS) is 16.0. The van der Waals surface area contributed by atoms with E-state index in [-0.39, 0.29) is 18.4 Å². The molecule has 1 saturated heterocycles. The molecule has 0 N–H and O–H groups in total. The summed E-state index contributed by atoms with van der Waals surface area (Å²) in [6.07, 6.45) is 0.597. The quantitative estimate of drug-likeness (QED) is 0.764. The summed E-state index contributed by atoms with van der Waals surface area (Å²) < 4.78 is 0. The fourth-order valence-electron chi connectivity index (χ4n) is 1.68. The van der Waals surface area contributed by atoms with E-state index in [0.29, 0.717) is 22.9 Å². The van der Waals surface area contributed by atoms with Crippen molar-refractivity contribution in [2.75, 3.05) is 0 Å². The molecule has 5 heteroatoms. The molecular formula is C11H9Cl2NO2. The van der Waals surface area contributed by atoms with Gasteiger partial charge in [-0.2, -0.15) is 0 Å². The second-order valence-corrected chi connectivity index (χ2v) is 4.52. The Morgan fingerprint density at radius 1 is 1.00 bits per heavy atom. The Balaban J connectivity index is 2.20. The molecule has 0 unspecified atom stereocenters. The van der Waals surface area contributed by atoms with E-state index in [0.717, 1.165) is 5.56 Å². The van der Waals surface area contributed by atoms with E-state index in [2.05, 4.69) is 0 Å². The van der Waals surface area contributed by atoms with Crippen molar-refractivity contribution in [3.63, 3.8) is 0 Å². The zero-order chi connectivity index (χ0) is 11.7. The number of hydrogen-bond acceptors (Lipinski definition) is 2. The van der Waals surface area contributed by atoms with Crippen molar-refractivity contribution in [3.05, 3.63) is 33.8 Å². The Morgan fingerprint density at radius 3 is 2.00 bits per heavy atom. The van der Waals surface area contributed by atoms with Crippen molar-refractivity contribution >= 4 is 35.0 Å². The summed E-state index contributed by atoms with van der Waals surface area (Å²) in [7, 11) is 0. The molecule has 0 saturated carbocycles. The average molecular weight is 258 g/mol. The predicted octanol–water partition coefficient (Wildman–Crippen LogP) is 2.64. The van der Waals surface area contributed by atoms with Gasteiger partial charge in [0.2, 0.25) is 11.8 Å². The van der Waals surface area contributed by atoms with Gasteiger partial charge in [0, 0.05) is 22.9 Å². The molecule has 0 aromatic heterocycles. The molecule has 1 heterocycles. The lowest BCUT2D eigenvalue weighted by molar-refractivity contribution is -0.139. The van der Waals surface area contributed by atoms with Crippen LogP contribution in [-0.4, -0.2) is 16.7 Å². The minimum absolute atomic E-state index is 0.138. The van der Waals surface area contributed by atoms with Gasteiger partial charge in [0.05, 0.1) is 6.54 Å². The van der Waals surface area contributed by atoms with Crippen LogP contribution in [-0.2, 0) is 16.1 Å². The van der Waals surface area contributed by atoms with Gasteiger partial charge in [-0.3, -0.25) is 14.5 Å². The molecule has 1 aliphatic rings. The van der Waals surface area contributed by atoms with E-state index < -0.39 is 0 Å². The molecule has 16 heavy (non-hydrogen) atoms. The number of nitrogens with zero attached hydrogens (tertiary/aromatic N) is 1. The first-order chi connectivity index (χ1) is 7.56. The van der Waals surface area contributed by atoms with Crippen molar-refractivity contribution in [1.29, 1.82) is 0 Å². The SMILES string of the molecule is O=C1CCC(=O)N1Cc1cc(Cl)cc(Cl)c1. The maximum absolute atomic E-state index is 11.4. The molecular weight excluding hydrogens is 249 g/mol. The standard InChI is InChI=1S/C11H9Cl2NO2/c12-8-3-7(4-9(13)5-8)6-14-10(15)1-2-11(14)16/h3-5H,1-2,6H2. The van der Waals surface area contributed by atoms with Crippen LogP contribution in [0.15, 0.2) is 18.2 Å². The smallest absolute Gasteiger partial charge is 0.229 e. The van der Waals surface area contributed by atoms with Gasteiger partial charge in [-0.1, -0.05) is 23.2 Å². The van der Waals surface area contributed by atoms with E-state index in [9.17, 15) is 9.59 Å². The molecule has 1 aromatic rings. The third kappa shape index (κ3) is 2.36. The van der Waals surface area contributed by atoms with Crippen LogP contribution >= 0.6 is 23.2 Å². The second-order valence-electron chi connectivity index (χ2n) is 3.65. The van der Waals surface area contributed by atoms with Crippen molar-refractivity contribution < 1.29 is 9.59 Å². The largest absolute Gasteiger partial charge is 0.278 e. The van der Waals surface area contributed by atoms with Crippen molar-refractivity contribution in [3.8, 4) is 0 Å². The van der Waals surface area contributed by atoms with Crippen LogP contribution in [0.4, 0.5) is 0 Å². The number of benzene rings is 1. The molecule has 0 spiro atoms. The van der Waals surface area contributed by atoms with E-state index >= 15 is 0 Å².